The van der Waals surface area contributed by atoms with E-state index in [0.29, 0.717) is 6.07 Å². The smallest absolute Gasteiger partial charge is 0.235 e. The minimum absolute atomic E-state index is 0.325. The first-order valence-corrected chi connectivity index (χ1v) is 10.7. The Morgan fingerprint density at radius 1 is 0.513 bits per heavy atom. The van der Waals surface area contributed by atoms with Gasteiger partial charge in [0.05, 0.1) is 5.56 Å². The van der Waals surface area contributed by atoms with Gasteiger partial charge in [-0.15, -0.1) is 0 Å². The maximum Gasteiger partial charge on any atom is 0.235 e. The maximum absolute atomic E-state index is 13.1. The molecule has 0 atom stereocenters. The summed E-state index contributed by atoms with van der Waals surface area (Å²) in [6.07, 6.45) is 0. The molecule has 13 nitrogen and oxygen atoms in total. The van der Waals surface area contributed by atoms with Gasteiger partial charge in [-0.05, 0) is 36.4 Å². The number of aromatic hydroxyl groups is 9. The van der Waals surface area contributed by atoms with Crippen LogP contribution in [0.15, 0.2) is 54.6 Å². The van der Waals surface area contributed by atoms with E-state index in [9.17, 15) is 55.5 Å². The van der Waals surface area contributed by atoms with Gasteiger partial charge in [0.1, 0.15) is 5.56 Å². The summed E-state index contributed by atoms with van der Waals surface area (Å²) in [4.78, 5) is 35.9. The molecule has 0 aliphatic carbocycles. The molecule has 4 aromatic rings. The molecule has 0 heterocycles. The molecule has 0 aromatic heterocycles. The zero-order valence-electron chi connectivity index (χ0n) is 19.4. The van der Waals surface area contributed by atoms with E-state index in [-0.39, 0.29) is 16.7 Å². The molecule has 0 saturated carbocycles. The van der Waals surface area contributed by atoms with Crippen molar-refractivity contribution in [3.63, 3.8) is 0 Å². The highest BCUT2D eigenvalue weighted by Crippen LogP contribution is 2.45. The predicted octanol–water partition coefficient (Wildman–Crippen LogP) is 2.87. The van der Waals surface area contributed by atoms with Gasteiger partial charge < -0.3 is 46.0 Å². The van der Waals surface area contributed by atoms with E-state index in [1.165, 1.54) is 12.1 Å². The van der Waals surface area contributed by atoms with Crippen molar-refractivity contribution in [3.8, 4) is 63.2 Å². The van der Waals surface area contributed by atoms with Crippen molar-refractivity contribution in [1.82, 2.24) is 0 Å². The number of para-hydroxylation sites is 1. The molecule has 0 fully saturated rings. The number of phenols is 9. The third kappa shape index (κ3) is 4.74. The van der Waals surface area contributed by atoms with Crippen molar-refractivity contribution in [3.05, 3.63) is 76.9 Å². The lowest BCUT2D eigenvalue weighted by molar-refractivity contribution is -0.104. The lowest BCUT2D eigenvalue weighted by Crippen LogP contribution is -2.10. The van der Waals surface area contributed by atoms with E-state index in [1.807, 2.05) is 0 Å². The first kappa shape index (κ1) is 26.1. The lowest BCUT2D eigenvalue weighted by Gasteiger charge is -2.15. The number of rotatable bonds is 7. The van der Waals surface area contributed by atoms with E-state index in [4.69, 9.17) is 9.78 Å². The van der Waals surface area contributed by atoms with Crippen LogP contribution in [0.25, 0.3) is 0 Å². The number of benzene rings is 4. The number of phenolic OH excluding ortho intramolecular Hbond substituents is 9. The van der Waals surface area contributed by atoms with E-state index < -0.39 is 80.4 Å². The Bertz CT molecular complexity index is 1640. The maximum atomic E-state index is 13.1. The average Bonchev–Trinajstić information content (AvgIpc) is 2.89. The molecule has 9 N–H and O–H groups in total. The fourth-order valence-corrected chi connectivity index (χ4v) is 3.48. The summed E-state index contributed by atoms with van der Waals surface area (Å²) < 4.78 is 0. The first-order chi connectivity index (χ1) is 18.4. The predicted molar refractivity (Wildman–Crippen MR) is 129 cm³/mol. The molecule has 0 bridgehead atoms. The van der Waals surface area contributed by atoms with Gasteiger partial charge in [-0.1, -0.05) is 6.07 Å². The molecule has 0 saturated heterocycles. The molecular weight excluding hydrogens is 520 g/mol. The van der Waals surface area contributed by atoms with Gasteiger partial charge >= 0.3 is 0 Å². The molecule has 4 rings (SSSR count). The van der Waals surface area contributed by atoms with Gasteiger partial charge in [0.25, 0.3) is 0 Å². The molecule has 0 radical (unpaired) electrons. The molecular formula is C26H18O13. The Balaban J connectivity index is 1.73. The number of carbonyl (C=O) groups is 2. The van der Waals surface area contributed by atoms with Crippen LogP contribution < -0.4 is 9.78 Å². The lowest BCUT2D eigenvalue weighted by atomic mass is 10.00. The van der Waals surface area contributed by atoms with Gasteiger partial charge in [-0.2, -0.15) is 0 Å². The highest BCUT2D eigenvalue weighted by Gasteiger charge is 2.28. The van der Waals surface area contributed by atoms with Crippen LogP contribution in [0, 0.1) is 0 Å². The second-order valence-corrected chi connectivity index (χ2v) is 8.01. The average molecular weight is 538 g/mol. The van der Waals surface area contributed by atoms with Crippen LogP contribution in [-0.4, -0.2) is 57.5 Å². The number of ketones is 2. The summed E-state index contributed by atoms with van der Waals surface area (Å²) in [6, 6.07) is 8.71. The topological polar surface area (TPSA) is 235 Å². The van der Waals surface area contributed by atoms with Gasteiger partial charge in [0, 0.05) is 23.3 Å². The SMILES string of the molecule is O=C(c1cc(O)c(O)c(OOc2c(O)cc(O)c(O)c2C(=O)c2ccc(O)c(O)c2)c1)c1cccc(O)c1O. The van der Waals surface area contributed by atoms with Crippen LogP contribution in [0.1, 0.15) is 31.8 Å². The Kier molecular flexibility index (Phi) is 6.57. The molecule has 0 amide bonds. The third-order valence-corrected chi connectivity index (χ3v) is 5.47. The number of carbonyl (C=O) groups excluding carboxylic acids is 2. The van der Waals surface area contributed by atoms with E-state index in [1.54, 1.807) is 0 Å². The molecule has 0 aliphatic rings. The number of hydrogen-bond donors (Lipinski definition) is 9. The molecule has 39 heavy (non-hydrogen) atoms. The van der Waals surface area contributed by atoms with Gasteiger partial charge in [-0.25, -0.2) is 0 Å². The zero-order valence-corrected chi connectivity index (χ0v) is 19.4. The summed E-state index contributed by atoms with van der Waals surface area (Å²) in [6.45, 7) is 0. The summed E-state index contributed by atoms with van der Waals surface area (Å²) >= 11 is 0. The quantitative estimate of drug-likeness (QED) is 0.0542. The molecule has 0 unspecified atom stereocenters. The van der Waals surface area contributed by atoms with Crippen molar-refractivity contribution in [2.45, 2.75) is 0 Å². The second kappa shape index (κ2) is 9.82. The van der Waals surface area contributed by atoms with E-state index >= 15 is 0 Å². The van der Waals surface area contributed by atoms with Crippen LogP contribution in [0.4, 0.5) is 0 Å². The van der Waals surface area contributed by atoms with Crippen LogP contribution >= 0.6 is 0 Å². The second-order valence-electron chi connectivity index (χ2n) is 8.01. The normalized spacial score (nSPS) is 10.7. The zero-order chi connectivity index (χ0) is 28.6. The van der Waals surface area contributed by atoms with E-state index in [0.717, 1.165) is 36.4 Å². The van der Waals surface area contributed by atoms with Crippen LogP contribution in [0.5, 0.6) is 63.2 Å². The van der Waals surface area contributed by atoms with Gasteiger partial charge in [-0.3, -0.25) is 19.4 Å². The minimum atomic E-state index is -1.12. The molecule has 4 aromatic carbocycles. The van der Waals surface area contributed by atoms with Crippen LogP contribution in [-0.2, 0) is 0 Å². The van der Waals surface area contributed by atoms with Crippen LogP contribution in [0.3, 0.4) is 0 Å². The van der Waals surface area contributed by atoms with Gasteiger partial charge in [0.2, 0.25) is 23.0 Å². The van der Waals surface area contributed by atoms with Crippen molar-refractivity contribution in [1.29, 1.82) is 0 Å². The first-order valence-electron chi connectivity index (χ1n) is 10.7. The van der Waals surface area contributed by atoms with Crippen LogP contribution in [0.2, 0.25) is 0 Å². The third-order valence-electron chi connectivity index (χ3n) is 5.47. The summed E-state index contributed by atoms with van der Waals surface area (Å²) in [7, 11) is 0. The van der Waals surface area contributed by atoms with Crippen molar-refractivity contribution in [2.75, 3.05) is 0 Å². The number of hydrogen-bond acceptors (Lipinski definition) is 13. The Morgan fingerprint density at radius 3 is 1.87 bits per heavy atom. The largest absolute Gasteiger partial charge is 0.504 e. The summed E-state index contributed by atoms with van der Waals surface area (Å²) in [5, 5.41) is 89.7. The highest BCUT2D eigenvalue weighted by atomic mass is 17.2. The fourth-order valence-electron chi connectivity index (χ4n) is 3.48. The standard InChI is InChI=1S/C26H18O13/c27-13-5-4-10(6-15(13)29)22(34)20-25(37)17(31)9-18(32)26(20)39-38-19-8-11(7-16(30)24(19)36)21(33)12-2-1-3-14(28)23(12)35/h1-9,27-32,35-37H. The molecule has 0 spiro atoms. The van der Waals surface area contributed by atoms with Crippen molar-refractivity contribution in [2.24, 2.45) is 0 Å². The monoisotopic (exact) mass is 538 g/mol. The van der Waals surface area contributed by atoms with Crippen molar-refractivity contribution < 1.29 is 65.3 Å². The van der Waals surface area contributed by atoms with E-state index in [2.05, 4.69) is 0 Å². The summed E-state index contributed by atoms with van der Waals surface area (Å²) in [5.41, 5.74) is -1.91. The Morgan fingerprint density at radius 2 is 1.18 bits per heavy atom. The highest BCUT2D eigenvalue weighted by molar-refractivity contribution is 6.14. The Labute approximate surface area is 217 Å². The summed E-state index contributed by atoms with van der Waals surface area (Å²) in [5.74, 6) is -11.0. The van der Waals surface area contributed by atoms with Gasteiger partial charge in [0.15, 0.2) is 51.8 Å². The molecule has 13 heteroatoms. The Hall–Kier alpha value is -5.98. The van der Waals surface area contributed by atoms with Crippen molar-refractivity contribution >= 4 is 11.6 Å². The molecule has 0 aliphatic heterocycles. The molecule has 200 valence electrons. The minimum Gasteiger partial charge on any atom is -0.504 e. The fraction of sp³-hybridized carbons (Fsp3) is 0.